The normalized spacial score (nSPS) is 10.2. The van der Waals surface area contributed by atoms with Crippen LogP contribution in [0.15, 0.2) is 36.5 Å². The predicted molar refractivity (Wildman–Crippen MR) is 68.9 cm³/mol. The maximum absolute atomic E-state index is 11.1. The van der Waals surface area contributed by atoms with E-state index >= 15 is 0 Å². The molecule has 1 heterocycles. The zero-order valence-electron chi connectivity index (χ0n) is 9.73. The molecule has 0 aliphatic rings. The van der Waals surface area contributed by atoms with Crippen molar-refractivity contribution in [2.75, 3.05) is 18.9 Å². The van der Waals surface area contributed by atoms with Crippen LogP contribution in [0.5, 0.6) is 0 Å². The molecule has 2 rings (SSSR count). The van der Waals surface area contributed by atoms with Gasteiger partial charge in [0.2, 0.25) is 5.91 Å². The van der Waals surface area contributed by atoms with Crippen LogP contribution in [0.3, 0.4) is 0 Å². The number of hydrogen-bond donors (Lipinski definition) is 2. The van der Waals surface area contributed by atoms with Crippen molar-refractivity contribution in [1.29, 1.82) is 0 Å². The summed E-state index contributed by atoms with van der Waals surface area (Å²) in [6, 6.07) is 10.0. The number of aromatic nitrogens is 1. The van der Waals surface area contributed by atoms with E-state index in [1.54, 1.807) is 13.2 Å². The van der Waals surface area contributed by atoms with Crippen LogP contribution in [-0.2, 0) is 4.79 Å². The van der Waals surface area contributed by atoms with Gasteiger partial charge in [0, 0.05) is 31.6 Å². The summed E-state index contributed by atoms with van der Waals surface area (Å²) in [5.74, 6) is 0.852. The fraction of sp³-hybridized carbons (Fsp3) is 0.231. The molecule has 0 aliphatic heterocycles. The first-order chi connectivity index (χ1) is 8.31. The average Bonchev–Trinajstić information content (AvgIpc) is 2.39. The Morgan fingerprint density at radius 1 is 1.29 bits per heavy atom. The molecular formula is C13H15N3O. The van der Waals surface area contributed by atoms with E-state index in [-0.39, 0.29) is 5.91 Å². The molecule has 0 unspecified atom stereocenters. The summed E-state index contributed by atoms with van der Waals surface area (Å²) >= 11 is 0. The van der Waals surface area contributed by atoms with Crippen LogP contribution < -0.4 is 10.6 Å². The van der Waals surface area contributed by atoms with E-state index in [4.69, 9.17) is 0 Å². The van der Waals surface area contributed by atoms with Crippen molar-refractivity contribution >= 4 is 22.5 Å². The number of amides is 1. The van der Waals surface area contributed by atoms with Gasteiger partial charge < -0.3 is 10.6 Å². The molecule has 0 fully saturated rings. The summed E-state index contributed by atoms with van der Waals surface area (Å²) in [5.41, 5.74) is 0. The average molecular weight is 229 g/mol. The van der Waals surface area contributed by atoms with Crippen LogP contribution in [0.2, 0.25) is 0 Å². The number of carbonyl (C=O) groups excluding carboxylic acids is 1. The first-order valence-corrected chi connectivity index (χ1v) is 5.59. The Kier molecular flexibility index (Phi) is 3.55. The number of carbonyl (C=O) groups is 1. The maximum Gasteiger partial charge on any atom is 0.221 e. The lowest BCUT2D eigenvalue weighted by atomic mass is 10.1. The number of fused-ring (bicyclic) bond motifs is 1. The Morgan fingerprint density at radius 3 is 2.94 bits per heavy atom. The summed E-state index contributed by atoms with van der Waals surface area (Å²) in [6.45, 7) is 0.584. The van der Waals surface area contributed by atoms with Crippen LogP contribution in [0.4, 0.5) is 5.82 Å². The van der Waals surface area contributed by atoms with Crippen LogP contribution in [0, 0.1) is 0 Å². The lowest BCUT2D eigenvalue weighted by Gasteiger charge is -2.07. The number of rotatable bonds is 4. The zero-order chi connectivity index (χ0) is 12.1. The molecule has 88 valence electrons. The molecule has 4 nitrogen and oxygen atoms in total. The largest absolute Gasteiger partial charge is 0.369 e. The van der Waals surface area contributed by atoms with E-state index in [2.05, 4.69) is 15.6 Å². The summed E-state index contributed by atoms with van der Waals surface area (Å²) in [6.07, 6.45) is 2.21. The van der Waals surface area contributed by atoms with Crippen molar-refractivity contribution in [1.82, 2.24) is 10.3 Å². The van der Waals surface area contributed by atoms with Gasteiger partial charge in [0.05, 0.1) is 0 Å². The third-order valence-electron chi connectivity index (χ3n) is 2.60. The minimum absolute atomic E-state index is 0.0257. The predicted octanol–water partition coefficient (Wildman–Crippen LogP) is 1.78. The summed E-state index contributed by atoms with van der Waals surface area (Å²) < 4.78 is 0. The number of benzene rings is 1. The van der Waals surface area contributed by atoms with Crippen molar-refractivity contribution < 1.29 is 4.79 Å². The van der Waals surface area contributed by atoms with E-state index in [9.17, 15) is 4.79 Å². The molecule has 0 spiro atoms. The van der Waals surface area contributed by atoms with Gasteiger partial charge in [0.25, 0.3) is 0 Å². The SMILES string of the molecule is CNC(=O)CCNc1nccc2ccccc12. The maximum atomic E-state index is 11.1. The van der Waals surface area contributed by atoms with Gasteiger partial charge in [-0.1, -0.05) is 24.3 Å². The van der Waals surface area contributed by atoms with Gasteiger partial charge >= 0.3 is 0 Å². The third-order valence-corrected chi connectivity index (χ3v) is 2.60. The highest BCUT2D eigenvalue weighted by Gasteiger charge is 2.02. The second kappa shape index (κ2) is 5.30. The van der Waals surface area contributed by atoms with Gasteiger partial charge in [-0.2, -0.15) is 0 Å². The number of nitrogens with zero attached hydrogens (tertiary/aromatic N) is 1. The minimum Gasteiger partial charge on any atom is -0.369 e. The molecular weight excluding hydrogens is 214 g/mol. The quantitative estimate of drug-likeness (QED) is 0.840. The van der Waals surface area contributed by atoms with Crippen molar-refractivity contribution in [3.8, 4) is 0 Å². The molecule has 0 saturated heterocycles. The number of hydrogen-bond acceptors (Lipinski definition) is 3. The fourth-order valence-corrected chi connectivity index (χ4v) is 1.68. The van der Waals surface area contributed by atoms with Crippen LogP contribution in [-0.4, -0.2) is 24.5 Å². The van der Waals surface area contributed by atoms with Crippen LogP contribution in [0.25, 0.3) is 10.8 Å². The van der Waals surface area contributed by atoms with Gasteiger partial charge in [0.1, 0.15) is 5.82 Å². The Bertz CT molecular complexity index is 520. The van der Waals surface area contributed by atoms with E-state index in [0.29, 0.717) is 13.0 Å². The molecule has 17 heavy (non-hydrogen) atoms. The number of anilines is 1. The smallest absolute Gasteiger partial charge is 0.221 e. The van der Waals surface area contributed by atoms with E-state index in [1.807, 2.05) is 30.3 Å². The molecule has 4 heteroatoms. The van der Waals surface area contributed by atoms with Gasteiger partial charge in [0.15, 0.2) is 0 Å². The van der Waals surface area contributed by atoms with Gasteiger partial charge in [-0.05, 0) is 11.5 Å². The van der Waals surface area contributed by atoms with Gasteiger partial charge in [-0.3, -0.25) is 4.79 Å². The monoisotopic (exact) mass is 229 g/mol. The summed E-state index contributed by atoms with van der Waals surface area (Å²) in [4.78, 5) is 15.4. The lowest BCUT2D eigenvalue weighted by molar-refractivity contribution is -0.120. The molecule has 0 radical (unpaired) electrons. The molecule has 1 aromatic heterocycles. The third kappa shape index (κ3) is 2.72. The first kappa shape index (κ1) is 11.4. The second-order valence-corrected chi connectivity index (χ2v) is 3.73. The van der Waals surface area contributed by atoms with E-state index in [1.165, 1.54) is 0 Å². The Balaban J connectivity index is 2.11. The second-order valence-electron chi connectivity index (χ2n) is 3.73. The Hall–Kier alpha value is -2.10. The zero-order valence-corrected chi connectivity index (χ0v) is 9.73. The highest BCUT2D eigenvalue weighted by molar-refractivity contribution is 5.91. The molecule has 1 aromatic carbocycles. The highest BCUT2D eigenvalue weighted by atomic mass is 16.1. The molecule has 1 amide bonds. The fourth-order valence-electron chi connectivity index (χ4n) is 1.68. The molecule has 2 N–H and O–H groups in total. The molecule has 0 saturated carbocycles. The van der Waals surface area contributed by atoms with Crippen molar-refractivity contribution in [2.45, 2.75) is 6.42 Å². The molecule has 0 aliphatic carbocycles. The number of pyridine rings is 1. The highest BCUT2D eigenvalue weighted by Crippen LogP contribution is 2.19. The lowest BCUT2D eigenvalue weighted by Crippen LogP contribution is -2.21. The summed E-state index contributed by atoms with van der Waals surface area (Å²) in [7, 11) is 1.64. The van der Waals surface area contributed by atoms with Crippen molar-refractivity contribution in [3.63, 3.8) is 0 Å². The van der Waals surface area contributed by atoms with Crippen LogP contribution in [0.1, 0.15) is 6.42 Å². The Labute approximate surface area is 100 Å². The van der Waals surface area contributed by atoms with Crippen LogP contribution >= 0.6 is 0 Å². The van der Waals surface area contributed by atoms with Gasteiger partial charge in [-0.25, -0.2) is 4.98 Å². The first-order valence-electron chi connectivity index (χ1n) is 5.59. The van der Waals surface area contributed by atoms with Gasteiger partial charge in [-0.15, -0.1) is 0 Å². The van der Waals surface area contributed by atoms with E-state index < -0.39 is 0 Å². The minimum atomic E-state index is 0.0257. The Morgan fingerprint density at radius 2 is 2.12 bits per heavy atom. The van der Waals surface area contributed by atoms with Crippen molar-refractivity contribution in [2.24, 2.45) is 0 Å². The molecule has 2 aromatic rings. The number of nitrogens with one attached hydrogen (secondary N) is 2. The molecule has 0 atom stereocenters. The topological polar surface area (TPSA) is 54.0 Å². The standard InChI is InChI=1S/C13H15N3O/c1-14-12(17)7-9-16-13-11-5-3-2-4-10(11)6-8-15-13/h2-6,8H,7,9H2,1H3,(H,14,17)(H,15,16). The summed E-state index contributed by atoms with van der Waals surface area (Å²) in [5, 5.41) is 7.99. The van der Waals surface area contributed by atoms with E-state index in [0.717, 1.165) is 16.6 Å². The van der Waals surface area contributed by atoms with Crippen molar-refractivity contribution in [3.05, 3.63) is 36.5 Å². The molecule has 0 bridgehead atoms.